The van der Waals surface area contributed by atoms with E-state index in [1.165, 1.54) is 12.0 Å². The summed E-state index contributed by atoms with van der Waals surface area (Å²) in [6.45, 7) is 5.68. The first-order valence-corrected chi connectivity index (χ1v) is 8.71. The van der Waals surface area contributed by atoms with E-state index in [4.69, 9.17) is 10.00 Å². The van der Waals surface area contributed by atoms with Crippen LogP contribution in [-0.4, -0.2) is 41.0 Å². The van der Waals surface area contributed by atoms with Crippen molar-refractivity contribution >= 4 is 17.8 Å². The number of methoxy groups -OCH3 is 1. The minimum absolute atomic E-state index is 0.0114. The molecule has 3 atom stereocenters. The van der Waals surface area contributed by atoms with E-state index in [1.54, 1.807) is 24.3 Å². The lowest BCUT2D eigenvalue weighted by Gasteiger charge is -2.32. The van der Waals surface area contributed by atoms with Gasteiger partial charge < -0.3 is 14.7 Å². The Bertz CT molecular complexity index is 773. The maximum atomic E-state index is 13.0. The number of carboxylic acid groups (broad SMARTS) is 1. The van der Waals surface area contributed by atoms with E-state index >= 15 is 0 Å². The van der Waals surface area contributed by atoms with Gasteiger partial charge in [0.2, 0.25) is 5.91 Å². The average Bonchev–Trinajstić information content (AvgIpc) is 3.00. The quantitative estimate of drug-likeness (QED) is 0.814. The molecule has 7 heteroatoms. The number of carboxylic acids is 1. The zero-order chi connectivity index (χ0) is 20.4. The van der Waals surface area contributed by atoms with Gasteiger partial charge in [-0.05, 0) is 29.5 Å². The third kappa shape index (κ3) is 4.45. The fourth-order valence-electron chi connectivity index (χ4n) is 3.49. The second kappa shape index (κ2) is 7.78. The number of carbonyl (C=O) groups is 3. The van der Waals surface area contributed by atoms with Crippen LogP contribution in [0.3, 0.4) is 0 Å². The average molecular weight is 372 g/mol. The summed E-state index contributed by atoms with van der Waals surface area (Å²) in [6.07, 6.45) is 0.139. The minimum atomic E-state index is -1.15. The van der Waals surface area contributed by atoms with Gasteiger partial charge in [0.1, 0.15) is 6.04 Å². The smallest absolute Gasteiger partial charge is 0.326 e. The van der Waals surface area contributed by atoms with Crippen LogP contribution in [0.1, 0.15) is 50.8 Å². The fourth-order valence-corrected chi connectivity index (χ4v) is 3.49. The highest BCUT2D eigenvalue weighted by Gasteiger charge is 2.51. The number of hydrogen-bond donors (Lipinski definition) is 1. The first-order chi connectivity index (χ1) is 12.6. The number of hydrogen-bond acceptors (Lipinski definition) is 5. The zero-order valence-corrected chi connectivity index (χ0v) is 15.9. The maximum absolute atomic E-state index is 13.0. The number of ether oxygens (including phenoxy) is 1. The highest BCUT2D eigenvalue weighted by Crippen LogP contribution is 2.43. The van der Waals surface area contributed by atoms with E-state index in [0.717, 1.165) is 0 Å². The predicted octanol–water partition coefficient (Wildman–Crippen LogP) is 2.51. The normalized spacial score (nSPS) is 22.2. The first kappa shape index (κ1) is 20.4. The van der Waals surface area contributed by atoms with Crippen molar-refractivity contribution < 1.29 is 24.2 Å². The molecule has 0 aliphatic carbocycles. The van der Waals surface area contributed by atoms with Crippen molar-refractivity contribution in [2.75, 3.05) is 7.11 Å². The Morgan fingerprint density at radius 1 is 1.26 bits per heavy atom. The van der Waals surface area contributed by atoms with Crippen LogP contribution < -0.4 is 0 Å². The number of amides is 1. The van der Waals surface area contributed by atoms with Crippen LogP contribution in [0.25, 0.3) is 0 Å². The molecular weight excluding hydrogens is 348 g/mol. The summed E-state index contributed by atoms with van der Waals surface area (Å²) < 4.78 is 4.87. The summed E-state index contributed by atoms with van der Waals surface area (Å²) in [7, 11) is 1.24. The Labute approximate surface area is 158 Å². The molecule has 27 heavy (non-hydrogen) atoms. The fraction of sp³-hybridized carbons (Fsp3) is 0.500. The molecule has 7 nitrogen and oxygen atoms in total. The lowest BCUT2D eigenvalue weighted by atomic mass is 9.90. The largest absolute Gasteiger partial charge is 0.480 e. The Balaban J connectivity index is 2.53. The Morgan fingerprint density at radius 2 is 1.85 bits per heavy atom. The zero-order valence-electron chi connectivity index (χ0n) is 15.9. The number of aliphatic carboxylic acids is 1. The van der Waals surface area contributed by atoms with Gasteiger partial charge in [0.25, 0.3) is 0 Å². The Morgan fingerprint density at radius 3 is 2.30 bits per heavy atom. The van der Waals surface area contributed by atoms with Gasteiger partial charge in [-0.15, -0.1) is 0 Å². The van der Waals surface area contributed by atoms with E-state index in [0.29, 0.717) is 11.1 Å². The first-order valence-electron chi connectivity index (χ1n) is 8.71. The maximum Gasteiger partial charge on any atom is 0.326 e. The van der Waals surface area contributed by atoms with E-state index in [1.807, 2.05) is 26.8 Å². The van der Waals surface area contributed by atoms with Crippen molar-refractivity contribution in [3.05, 3.63) is 35.4 Å². The lowest BCUT2D eigenvalue weighted by Crippen LogP contribution is -2.43. The second-order valence-corrected chi connectivity index (χ2v) is 7.94. The van der Waals surface area contributed by atoms with Crippen LogP contribution in [0, 0.1) is 22.7 Å². The highest BCUT2D eigenvalue weighted by atomic mass is 16.5. The molecule has 0 bridgehead atoms. The number of benzene rings is 1. The van der Waals surface area contributed by atoms with Crippen LogP contribution in [0.5, 0.6) is 0 Å². The molecule has 0 radical (unpaired) electrons. The third-order valence-corrected chi connectivity index (χ3v) is 4.63. The number of carbonyl (C=O) groups excluding carboxylic acids is 2. The van der Waals surface area contributed by atoms with Crippen LogP contribution in [0.2, 0.25) is 0 Å². The molecule has 1 aliphatic heterocycles. The van der Waals surface area contributed by atoms with Gasteiger partial charge in [-0.1, -0.05) is 32.9 Å². The summed E-state index contributed by atoms with van der Waals surface area (Å²) in [5, 5.41) is 18.6. The molecule has 2 rings (SSSR count). The molecule has 1 amide bonds. The summed E-state index contributed by atoms with van der Waals surface area (Å²) >= 11 is 0. The third-order valence-electron chi connectivity index (χ3n) is 4.63. The molecule has 1 aliphatic rings. The SMILES string of the molecule is COC(=O)C1CC(C(=O)O)N(C(=O)CC(C)(C)C)C1c1ccc(C#N)cc1. The molecule has 1 aromatic rings. The Kier molecular flexibility index (Phi) is 5.89. The van der Waals surface area contributed by atoms with Crippen molar-refractivity contribution in [1.29, 1.82) is 5.26 Å². The number of esters is 1. The predicted molar refractivity (Wildman–Crippen MR) is 96.4 cm³/mol. The van der Waals surface area contributed by atoms with Crippen LogP contribution in [-0.2, 0) is 19.1 Å². The molecular formula is C20H24N2O5. The van der Waals surface area contributed by atoms with E-state index < -0.39 is 29.9 Å². The van der Waals surface area contributed by atoms with E-state index in [9.17, 15) is 19.5 Å². The van der Waals surface area contributed by atoms with Crippen molar-refractivity contribution in [3.8, 4) is 6.07 Å². The molecule has 1 aromatic carbocycles. The summed E-state index contributed by atoms with van der Waals surface area (Å²) in [5.74, 6) is -2.81. The minimum Gasteiger partial charge on any atom is -0.480 e. The van der Waals surface area contributed by atoms with Crippen molar-refractivity contribution in [1.82, 2.24) is 4.90 Å². The van der Waals surface area contributed by atoms with Gasteiger partial charge in [-0.25, -0.2) is 4.79 Å². The van der Waals surface area contributed by atoms with Gasteiger partial charge in [0.05, 0.1) is 30.7 Å². The molecule has 0 saturated carbocycles. The van der Waals surface area contributed by atoms with E-state index in [2.05, 4.69) is 0 Å². The summed E-state index contributed by atoms with van der Waals surface area (Å²) in [4.78, 5) is 38.5. The topological polar surface area (TPSA) is 108 Å². The summed E-state index contributed by atoms with van der Waals surface area (Å²) in [6, 6.07) is 6.64. The van der Waals surface area contributed by atoms with Crippen molar-refractivity contribution in [3.63, 3.8) is 0 Å². The van der Waals surface area contributed by atoms with Gasteiger partial charge in [0, 0.05) is 6.42 Å². The van der Waals surface area contributed by atoms with Crippen LogP contribution >= 0.6 is 0 Å². The lowest BCUT2D eigenvalue weighted by molar-refractivity contribution is -0.151. The van der Waals surface area contributed by atoms with E-state index in [-0.39, 0.29) is 24.2 Å². The molecule has 144 valence electrons. The molecule has 1 saturated heterocycles. The molecule has 0 aromatic heterocycles. The monoisotopic (exact) mass is 372 g/mol. The van der Waals surface area contributed by atoms with Gasteiger partial charge in [0.15, 0.2) is 0 Å². The molecule has 1 fully saturated rings. The molecule has 1 heterocycles. The number of nitrogens with zero attached hydrogens (tertiary/aromatic N) is 2. The molecule has 1 N–H and O–H groups in total. The molecule has 3 unspecified atom stereocenters. The van der Waals surface area contributed by atoms with Crippen LogP contribution in [0.4, 0.5) is 0 Å². The number of likely N-dealkylation sites (tertiary alicyclic amines) is 1. The van der Waals surface area contributed by atoms with Crippen molar-refractivity contribution in [2.45, 2.75) is 45.7 Å². The van der Waals surface area contributed by atoms with Crippen LogP contribution in [0.15, 0.2) is 24.3 Å². The van der Waals surface area contributed by atoms with Gasteiger partial charge in [-0.3, -0.25) is 9.59 Å². The number of rotatable bonds is 4. The highest BCUT2D eigenvalue weighted by molar-refractivity contribution is 5.88. The number of nitriles is 1. The van der Waals surface area contributed by atoms with Gasteiger partial charge in [-0.2, -0.15) is 5.26 Å². The second-order valence-electron chi connectivity index (χ2n) is 7.94. The van der Waals surface area contributed by atoms with Gasteiger partial charge >= 0.3 is 11.9 Å². The Hall–Kier alpha value is -2.88. The van der Waals surface area contributed by atoms with Crippen molar-refractivity contribution in [2.24, 2.45) is 11.3 Å². The molecule has 0 spiro atoms. The standard InChI is InChI=1S/C20H24N2O5/c1-20(2,3)10-16(23)22-15(18(24)25)9-14(19(26)27-4)17(22)13-7-5-12(11-21)6-8-13/h5-8,14-15,17H,9-10H2,1-4H3,(H,24,25). The summed E-state index contributed by atoms with van der Waals surface area (Å²) in [5.41, 5.74) is 0.711.